The number of likely N-dealkylation sites (N-methyl/N-ethyl adjacent to an activating group) is 1. The lowest BCUT2D eigenvalue weighted by Crippen LogP contribution is -2.41. The van der Waals surface area contributed by atoms with Gasteiger partial charge in [0.2, 0.25) is 5.91 Å². The minimum absolute atomic E-state index is 0.104. The van der Waals surface area contributed by atoms with E-state index in [0.29, 0.717) is 48.8 Å². The molecular weight excluding hydrogens is 348 g/mol. The molecule has 2 aliphatic rings. The quantitative estimate of drug-likeness (QED) is 0.809. The highest BCUT2D eigenvalue weighted by molar-refractivity contribution is 6.39. The Kier molecular flexibility index (Phi) is 4.55. The van der Waals surface area contributed by atoms with Gasteiger partial charge in [-0.15, -0.1) is 0 Å². The van der Waals surface area contributed by atoms with Crippen molar-refractivity contribution in [2.45, 2.75) is 31.6 Å². The molecule has 1 aromatic heterocycles. The van der Waals surface area contributed by atoms with Gasteiger partial charge in [0.1, 0.15) is 5.52 Å². The smallest absolute Gasteiger partial charge is 0.313 e. The van der Waals surface area contributed by atoms with E-state index in [1.54, 1.807) is 30.1 Å². The molecule has 1 aliphatic carbocycles. The fourth-order valence-corrected chi connectivity index (χ4v) is 3.20. The zero-order chi connectivity index (χ0) is 19.0. The molecule has 2 aromatic rings. The lowest BCUT2D eigenvalue weighted by atomic mass is 10.3. The Morgan fingerprint density at radius 1 is 1.37 bits per heavy atom. The summed E-state index contributed by atoms with van der Waals surface area (Å²) in [6.45, 7) is 1.49. The number of oxazole rings is 1. The van der Waals surface area contributed by atoms with Crippen LogP contribution in [0.3, 0.4) is 0 Å². The summed E-state index contributed by atoms with van der Waals surface area (Å²) in [6.07, 6.45) is 3.61. The summed E-state index contributed by atoms with van der Waals surface area (Å²) in [5, 5.41) is 2.61. The molecule has 4 rings (SSSR count). The number of rotatable bonds is 5. The summed E-state index contributed by atoms with van der Waals surface area (Å²) in [5.74, 6) is -0.100. The van der Waals surface area contributed by atoms with Gasteiger partial charge in [-0.05, 0) is 37.5 Å². The van der Waals surface area contributed by atoms with Crippen LogP contribution in [-0.4, -0.2) is 59.2 Å². The number of likely N-dealkylation sites (tertiary alicyclic amines) is 1. The van der Waals surface area contributed by atoms with E-state index in [4.69, 9.17) is 4.42 Å². The summed E-state index contributed by atoms with van der Waals surface area (Å²) < 4.78 is 5.70. The lowest BCUT2D eigenvalue weighted by molar-refractivity contribution is -0.142. The van der Waals surface area contributed by atoms with Gasteiger partial charge < -0.3 is 19.5 Å². The number of hydrogen-bond acceptors (Lipinski definition) is 5. The van der Waals surface area contributed by atoms with Crippen LogP contribution in [-0.2, 0) is 14.4 Å². The second-order valence-corrected chi connectivity index (χ2v) is 7.17. The second-order valence-electron chi connectivity index (χ2n) is 7.17. The van der Waals surface area contributed by atoms with E-state index in [1.807, 2.05) is 0 Å². The van der Waals surface area contributed by atoms with Gasteiger partial charge in [0, 0.05) is 44.7 Å². The van der Waals surface area contributed by atoms with Crippen molar-refractivity contribution in [2.24, 2.45) is 0 Å². The summed E-state index contributed by atoms with van der Waals surface area (Å²) in [6, 6.07) is 5.15. The summed E-state index contributed by atoms with van der Waals surface area (Å²) in [7, 11) is 1.56. The molecule has 27 heavy (non-hydrogen) atoms. The van der Waals surface area contributed by atoms with Crippen molar-refractivity contribution in [3.05, 3.63) is 24.1 Å². The molecule has 142 valence electrons. The van der Waals surface area contributed by atoms with E-state index in [9.17, 15) is 14.4 Å². The van der Waals surface area contributed by atoms with E-state index in [1.165, 1.54) is 4.90 Å². The van der Waals surface area contributed by atoms with Gasteiger partial charge in [-0.25, -0.2) is 4.98 Å². The Bertz CT molecular complexity index is 902. The van der Waals surface area contributed by atoms with Crippen molar-refractivity contribution in [2.75, 3.05) is 32.0 Å². The van der Waals surface area contributed by atoms with E-state index in [2.05, 4.69) is 10.3 Å². The van der Waals surface area contributed by atoms with Crippen LogP contribution in [0.25, 0.3) is 11.1 Å². The minimum Gasteiger partial charge on any atom is -0.440 e. The van der Waals surface area contributed by atoms with Gasteiger partial charge in [-0.1, -0.05) is 0 Å². The van der Waals surface area contributed by atoms with Crippen LogP contribution in [0.15, 0.2) is 22.6 Å². The minimum atomic E-state index is -0.712. The first-order valence-corrected chi connectivity index (χ1v) is 9.26. The number of benzene rings is 1. The van der Waals surface area contributed by atoms with Gasteiger partial charge in [0.25, 0.3) is 0 Å². The topological polar surface area (TPSA) is 95.8 Å². The molecule has 0 unspecified atom stereocenters. The zero-order valence-electron chi connectivity index (χ0n) is 15.2. The third-order valence-electron chi connectivity index (χ3n) is 5.01. The molecule has 2 heterocycles. The first kappa shape index (κ1) is 17.5. The number of nitrogens with zero attached hydrogens (tertiary/aromatic N) is 3. The van der Waals surface area contributed by atoms with Crippen LogP contribution < -0.4 is 5.32 Å². The number of fused-ring (bicyclic) bond motifs is 1. The monoisotopic (exact) mass is 370 g/mol. The molecule has 0 bridgehead atoms. The normalized spacial score (nSPS) is 16.8. The fraction of sp³-hybridized carbons (Fsp3) is 0.474. The molecule has 0 atom stereocenters. The number of anilines is 1. The number of amides is 3. The third-order valence-corrected chi connectivity index (χ3v) is 5.01. The zero-order valence-corrected chi connectivity index (χ0v) is 15.2. The molecular formula is C19H22N4O4. The maximum Gasteiger partial charge on any atom is 0.313 e. The number of aromatic nitrogens is 1. The molecule has 2 fully saturated rings. The predicted octanol–water partition coefficient (Wildman–Crippen LogP) is 1.72. The van der Waals surface area contributed by atoms with Crippen molar-refractivity contribution < 1.29 is 18.8 Å². The summed E-state index contributed by atoms with van der Waals surface area (Å²) >= 11 is 0. The van der Waals surface area contributed by atoms with E-state index in [-0.39, 0.29) is 5.91 Å². The van der Waals surface area contributed by atoms with Crippen LogP contribution in [0, 0.1) is 0 Å². The van der Waals surface area contributed by atoms with Crippen molar-refractivity contribution in [3.63, 3.8) is 0 Å². The van der Waals surface area contributed by atoms with Crippen molar-refractivity contribution in [3.8, 4) is 0 Å². The predicted molar refractivity (Wildman–Crippen MR) is 98.1 cm³/mol. The highest BCUT2D eigenvalue weighted by atomic mass is 16.3. The van der Waals surface area contributed by atoms with Crippen molar-refractivity contribution >= 4 is 34.5 Å². The first-order valence-electron chi connectivity index (χ1n) is 9.26. The lowest BCUT2D eigenvalue weighted by Gasteiger charge is -2.21. The molecule has 3 amide bonds. The van der Waals surface area contributed by atoms with Gasteiger partial charge in [-0.3, -0.25) is 14.4 Å². The van der Waals surface area contributed by atoms with Gasteiger partial charge in [0.05, 0.1) is 0 Å². The van der Waals surface area contributed by atoms with E-state index < -0.39 is 11.8 Å². The maximum absolute atomic E-state index is 12.3. The Hall–Kier alpha value is -2.90. The molecule has 0 spiro atoms. The molecule has 1 aliphatic heterocycles. The van der Waals surface area contributed by atoms with Crippen LogP contribution in [0.2, 0.25) is 0 Å². The Morgan fingerprint density at radius 3 is 2.89 bits per heavy atom. The number of carbonyl (C=O) groups is 3. The Morgan fingerprint density at radius 2 is 2.19 bits per heavy atom. The SMILES string of the molecule is CN(CCN1CCCC1=O)C(=O)C(=O)Nc1ccc2oc(C3CC3)nc2c1. The largest absolute Gasteiger partial charge is 0.440 e. The van der Waals surface area contributed by atoms with E-state index in [0.717, 1.165) is 25.2 Å². The van der Waals surface area contributed by atoms with Crippen LogP contribution in [0.5, 0.6) is 0 Å². The van der Waals surface area contributed by atoms with Crippen molar-refractivity contribution in [1.29, 1.82) is 0 Å². The summed E-state index contributed by atoms with van der Waals surface area (Å²) in [4.78, 5) is 43.6. The average molecular weight is 370 g/mol. The highest BCUT2D eigenvalue weighted by Gasteiger charge is 2.29. The molecule has 8 heteroatoms. The Balaban J connectivity index is 1.35. The molecule has 8 nitrogen and oxygen atoms in total. The third kappa shape index (κ3) is 3.79. The van der Waals surface area contributed by atoms with Crippen LogP contribution in [0.4, 0.5) is 5.69 Å². The highest BCUT2D eigenvalue weighted by Crippen LogP contribution is 2.40. The standard InChI is InChI=1S/C19H22N4O4/c1-22(9-10-23-8-2-3-16(23)24)19(26)17(25)20-13-6-7-15-14(11-13)21-18(27-15)12-4-5-12/h6-7,11-12H,2-5,8-10H2,1H3,(H,20,25). The van der Waals surface area contributed by atoms with Crippen LogP contribution in [0.1, 0.15) is 37.5 Å². The second kappa shape index (κ2) is 7.02. The number of nitrogens with one attached hydrogen (secondary N) is 1. The maximum atomic E-state index is 12.3. The number of hydrogen-bond donors (Lipinski definition) is 1. The molecule has 1 N–H and O–H groups in total. The van der Waals surface area contributed by atoms with Gasteiger partial charge in [0.15, 0.2) is 11.5 Å². The number of carbonyl (C=O) groups excluding carboxylic acids is 3. The van der Waals surface area contributed by atoms with E-state index >= 15 is 0 Å². The Labute approximate surface area is 156 Å². The molecule has 1 aromatic carbocycles. The molecule has 1 saturated carbocycles. The fourth-order valence-electron chi connectivity index (χ4n) is 3.20. The molecule has 0 radical (unpaired) electrons. The molecule has 1 saturated heterocycles. The summed E-state index contributed by atoms with van der Waals surface area (Å²) in [5.41, 5.74) is 1.84. The van der Waals surface area contributed by atoms with Gasteiger partial charge in [-0.2, -0.15) is 0 Å². The van der Waals surface area contributed by atoms with Gasteiger partial charge >= 0.3 is 11.8 Å². The van der Waals surface area contributed by atoms with Crippen molar-refractivity contribution in [1.82, 2.24) is 14.8 Å². The average Bonchev–Trinajstić information content (AvgIpc) is 3.30. The first-order chi connectivity index (χ1) is 13.0. The van der Waals surface area contributed by atoms with Crippen LogP contribution >= 0.6 is 0 Å².